The van der Waals surface area contributed by atoms with Crippen molar-refractivity contribution < 1.29 is 9.90 Å². The molecule has 1 saturated heterocycles. The molecule has 0 aliphatic carbocycles. The number of hydrogen-bond acceptors (Lipinski definition) is 3. The molecule has 1 aromatic carbocycles. The Morgan fingerprint density at radius 3 is 2.62 bits per heavy atom. The molecule has 0 radical (unpaired) electrons. The second kappa shape index (κ2) is 4.23. The molecule has 4 heteroatoms. The fourth-order valence-corrected chi connectivity index (χ4v) is 1.99. The van der Waals surface area contributed by atoms with Crippen molar-refractivity contribution in [3.8, 4) is 0 Å². The van der Waals surface area contributed by atoms with Gasteiger partial charge >= 0.3 is 0 Å². The SMILES string of the molecule is CC(=O)Nc1ccc(C2(O)CCNC2)cc1. The number of carbonyl (C=O) groups excluding carboxylic acids is 1. The summed E-state index contributed by atoms with van der Waals surface area (Å²) in [6, 6.07) is 7.34. The normalized spacial score (nSPS) is 24.4. The van der Waals surface area contributed by atoms with Gasteiger partial charge in [0.1, 0.15) is 5.60 Å². The van der Waals surface area contributed by atoms with Crippen LogP contribution in [-0.2, 0) is 10.4 Å². The molecule has 86 valence electrons. The van der Waals surface area contributed by atoms with E-state index >= 15 is 0 Å². The van der Waals surface area contributed by atoms with Crippen molar-refractivity contribution >= 4 is 11.6 Å². The third kappa shape index (κ3) is 2.23. The van der Waals surface area contributed by atoms with E-state index in [0.29, 0.717) is 6.54 Å². The topological polar surface area (TPSA) is 61.4 Å². The van der Waals surface area contributed by atoms with Crippen LogP contribution in [0.25, 0.3) is 0 Å². The molecule has 3 N–H and O–H groups in total. The zero-order chi connectivity index (χ0) is 11.6. The van der Waals surface area contributed by atoms with Gasteiger partial charge in [-0.2, -0.15) is 0 Å². The number of carbonyl (C=O) groups is 1. The fraction of sp³-hybridized carbons (Fsp3) is 0.417. The fourth-order valence-electron chi connectivity index (χ4n) is 1.99. The number of anilines is 1. The first-order valence-corrected chi connectivity index (χ1v) is 5.41. The van der Waals surface area contributed by atoms with Crippen molar-refractivity contribution in [3.63, 3.8) is 0 Å². The van der Waals surface area contributed by atoms with Crippen LogP contribution in [0.5, 0.6) is 0 Å². The number of aliphatic hydroxyl groups is 1. The molecule has 0 spiro atoms. The summed E-state index contributed by atoms with van der Waals surface area (Å²) >= 11 is 0. The molecule has 0 bridgehead atoms. The van der Waals surface area contributed by atoms with Gasteiger partial charge in [0.2, 0.25) is 5.91 Å². The van der Waals surface area contributed by atoms with E-state index < -0.39 is 5.60 Å². The molecule has 0 aromatic heterocycles. The first-order chi connectivity index (χ1) is 7.60. The number of benzene rings is 1. The Hall–Kier alpha value is -1.39. The molecule has 1 fully saturated rings. The van der Waals surface area contributed by atoms with Gasteiger partial charge in [-0.15, -0.1) is 0 Å². The maximum atomic E-state index is 10.8. The minimum Gasteiger partial charge on any atom is -0.384 e. The summed E-state index contributed by atoms with van der Waals surface area (Å²) in [7, 11) is 0. The highest BCUT2D eigenvalue weighted by molar-refractivity contribution is 5.88. The summed E-state index contributed by atoms with van der Waals surface area (Å²) in [6.45, 7) is 2.90. The lowest BCUT2D eigenvalue weighted by molar-refractivity contribution is -0.114. The molecule has 1 aliphatic rings. The highest BCUT2D eigenvalue weighted by Crippen LogP contribution is 2.28. The summed E-state index contributed by atoms with van der Waals surface area (Å²) in [4.78, 5) is 10.8. The van der Waals surface area contributed by atoms with E-state index in [2.05, 4.69) is 10.6 Å². The van der Waals surface area contributed by atoms with Crippen molar-refractivity contribution in [1.82, 2.24) is 5.32 Å². The van der Waals surface area contributed by atoms with Gasteiger partial charge in [-0.05, 0) is 30.7 Å². The molecule has 1 atom stereocenters. The van der Waals surface area contributed by atoms with Crippen LogP contribution in [0, 0.1) is 0 Å². The van der Waals surface area contributed by atoms with Crippen LogP contribution < -0.4 is 10.6 Å². The molecule has 1 aliphatic heterocycles. The molecule has 2 rings (SSSR count). The van der Waals surface area contributed by atoms with Gasteiger partial charge in [-0.25, -0.2) is 0 Å². The first kappa shape index (κ1) is 11.1. The van der Waals surface area contributed by atoms with Crippen LogP contribution in [-0.4, -0.2) is 24.1 Å². The van der Waals surface area contributed by atoms with E-state index in [4.69, 9.17) is 0 Å². The Morgan fingerprint density at radius 2 is 2.12 bits per heavy atom. The average Bonchev–Trinajstić information content (AvgIpc) is 2.66. The minimum atomic E-state index is -0.755. The third-order valence-corrected chi connectivity index (χ3v) is 2.88. The number of amides is 1. The second-order valence-electron chi connectivity index (χ2n) is 4.22. The van der Waals surface area contributed by atoms with Crippen LogP contribution in [0.1, 0.15) is 18.9 Å². The predicted molar refractivity (Wildman–Crippen MR) is 62.1 cm³/mol. The number of rotatable bonds is 2. The van der Waals surface area contributed by atoms with Crippen LogP contribution >= 0.6 is 0 Å². The van der Waals surface area contributed by atoms with Crippen molar-refractivity contribution in [1.29, 1.82) is 0 Å². The van der Waals surface area contributed by atoms with Gasteiger partial charge in [-0.1, -0.05) is 12.1 Å². The van der Waals surface area contributed by atoms with Gasteiger partial charge in [-0.3, -0.25) is 4.79 Å². The maximum Gasteiger partial charge on any atom is 0.221 e. The quantitative estimate of drug-likeness (QED) is 0.691. The number of nitrogens with one attached hydrogen (secondary N) is 2. The van der Waals surface area contributed by atoms with Crippen LogP contribution in [0.2, 0.25) is 0 Å². The largest absolute Gasteiger partial charge is 0.384 e. The number of hydrogen-bond donors (Lipinski definition) is 3. The van der Waals surface area contributed by atoms with Crippen molar-refractivity contribution in [2.75, 3.05) is 18.4 Å². The Bertz CT molecular complexity index is 381. The Balaban J connectivity index is 2.15. The van der Waals surface area contributed by atoms with E-state index in [-0.39, 0.29) is 5.91 Å². The van der Waals surface area contributed by atoms with Crippen LogP contribution in [0.15, 0.2) is 24.3 Å². The lowest BCUT2D eigenvalue weighted by Crippen LogP contribution is -2.28. The first-order valence-electron chi connectivity index (χ1n) is 5.41. The molecule has 1 aromatic rings. The van der Waals surface area contributed by atoms with Gasteiger partial charge in [0, 0.05) is 19.2 Å². The molecule has 4 nitrogen and oxygen atoms in total. The lowest BCUT2D eigenvalue weighted by Gasteiger charge is -2.21. The molecule has 1 heterocycles. The molecule has 1 unspecified atom stereocenters. The smallest absolute Gasteiger partial charge is 0.221 e. The van der Waals surface area contributed by atoms with E-state index in [0.717, 1.165) is 24.2 Å². The van der Waals surface area contributed by atoms with Crippen LogP contribution in [0.3, 0.4) is 0 Å². The Morgan fingerprint density at radius 1 is 1.44 bits per heavy atom. The highest BCUT2D eigenvalue weighted by atomic mass is 16.3. The summed E-state index contributed by atoms with van der Waals surface area (Å²) in [5.41, 5.74) is 0.895. The molecule has 0 saturated carbocycles. The zero-order valence-electron chi connectivity index (χ0n) is 9.29. The van der Waals surface area contributed by atoms with Crippen molar-refractivity contribution in [3.05, 3.63) is 29.8 Å². The predicted octanol–water partition coefficient (Wildman–Crippen LogP) is 0.826. The molecule has 1 amide bonds. The molecular weight excluding hydrogens is 204 g/mol. The van der Waals surface area contributed by atoms with Gasteiger partial charge < -0.3 is 15.7 Å². The summed E-state index contributed by atoms with van der Waals surface area (Å²) in [5, 5.41) is 16.1. The third-order valence-electron chi connectivity index (χ3n) is 2.88. The van der Waals surface area contributed by atoms with Crippen LogP contribution in [0.4, 0.5) is 5.69 Å². The van der Waals surface area contributed by atoms with E-state index in [1.54, 1.807) is 0 Å². The standard InChI is InChI=1S/C12H16N2O2/c1-9(15)14-11-4-2-10(3-5-11)12(16)6-7-13-8-12/h2-5,13,16H,6-8H2,1H3,(H,14,15). The van der Waals surface area contributed by atoms with Crippen molar-refractivity contribution in [2.45, 2.75) is 18.9 Å². The average molecular weight is 220 g/mol. The second-order valence-corrected chi connectivity index (χ2v) is 4.22. The monoisotopic (exact) mass is 220 g/mol. The Kier molecular flexibility index (Phi) is 2.94. The van der Waals surface area contributed by atoms with Gasteiger partial charge in [0.15, 0.2) is 0 Å². The Labute approximate surface area is 94.7 Å². The van der Waals surface area contributed by atoms with E-state index in [9.17, 15) is 9.90 Å². The lowest BCUT2D eigenvalue weighted by atomic mass is 9.93. The zero-order valence-corrected chi connectivity index (χ0v) is 9.29. The number of β-amino-alcohol motifs (C(OH)–C–C–N with tert-alkyl or cyclic N) is 1. The van der Waals surface area contributed by atoms with Gasteiger partial charge in [0.25, 0.3) is 0 Å². The minimum absolute atomic E-state index is 0.0889. The van der Waals surface area contributed by atoms with Gasteiger partial charge in [0.05, 0.1) is 0 Å². The van der Waals surface area contributed by atoms with E-state index in [1.807, 2.05) is 24.3 Å². The maximum absolute atomic E-state index is 10.8. The molecular formula is C12H16N2O2. The summed E-state index contributed by atoms with van der Waals surface area (Å²) in [5.74, 6) is -0.0889. The summed E-state index contributed by atoms with van der Waals surface area (Å²) < 4.78 is 0. The summed E-state index contributed by atoms with van der Waals surface area (Å²) in [6.07, 6.45) is 0.729. The van der Waals surface area contributed by atoms with Crippen molar-refractivity contribution in [2.24, 2.45) is 0 Å². The highest BCUT2D eigenvalue weighted by Gasteiger charge is 2.32. The van der Waals surface area contributed by atoms with E-state index in [1.165, 1.54) is 6.92 Å². The molecule has 16 heavy (non-hydrogen) atoms.